The Morgan fingerprint density at radius 1 is 1.24 bits per heavy atom. The predicted molar refractivity (Wildman–Crippen MR) is 105 cm³/mol. The maximum atomic E-state index is 13.1. The number of tetrazole rings is 1. The molecular formula is C19H30N8O2. The van der Waals surface area contributed by atoms with Gasteiger partial charge in [-0.05, 0) is 43.0 Å². The lowest BCUT2D eigenvalue weighted by Crippen LogP contribution is -2.46. The van der Waals surface area contributed by atoms with Crippen molar-refractivity contribution in [2.75, 3.05) is 32.8 Å². The summed E-state index contributed by atoms with van der Waals surface area (Å²) in [4.78, 5) is 21.7. The van der Waals surface area contributed by atoms with E-state index in [2.05, 4.69) is 30.0 Å². The van der Waals surface area contributed by atoms with Crippen molar-refractivity contribution in [2.24, 2.45) is 0 Å². The number of rotatable bonds is 7. The molecule has 2 saturated heterocycles. The fourth-order valence-electron chi connectivity index (χ4n) is 4.19. The van der Waals surface area contributed by atoms with Crippen LogP contribution in [0.3, 0.4) is 0 Å². The van der Waals surface area contributed by atoms with Crippen molar-refractivity contribution in [3.05, 3.63) is 24.0 Å². The standard InChI is InChI=1S/C19H30N8O2/c1-16-20-6-9-25(16)8-5-17-4-2-3-7-26(17)19(28)15-27-18(21-22-23-27)14-24-10-12-29-13-11-24/h6,9,17H,2-5,7-8,10-15H2,1H3/t17-/m0/s1. The minimum Gasteiger partial charge on any atom is -0.379 e. The molecule has 2 aromatic rings. The number of ether oxygens (including phenoxy) is 1. The van der Waals surface area contributed by atoms with Crippen LogP contribution in [0.25, 0.3) is 0 Å². The van der Waals surface area contributed by atoms with Gasteiger partial charge in [-0.25, -0.2) is 9.67 Å². The molecular weight excluding hydrogens is 372 g/mol. The highest BCUT2D eigenvalue weighted by molar-refractivity contribution is 5.76. The highest BCUT2D eigenvalue weighted by atomic mass is 16.5. The molecule has 1 amide bonds. The van der Waals surface area contributed by atoms with Crippen LogP contribution in [0.2, 0.25) is 0 Å². The zero-order valence-corrected chi connectivity index (χ0v) is 17.1. The number of imidazole rings is 1. The fourth-order valence-corrected chi connectivity index (χ4v) is 4.19. The van der Waals surface area contributed by atoms with Crippen LogP contribution in [0.15, 0.2) is 12.4 Å². The number of hydrogen-bond donors (Lipinski definition) is 0. The number of nitrogens with zero attached hydrogens (tertiary/aromatic N) is 8. The average Bonchev–Trinajstić information content (AvgIpc) is 3.36. The zero-order valence-electron chi connectivity index (χ0n) is 17.1. The number of hydrogen-bond acceptors (Lipinski definition) is 7. The third-order valence-corrected chi connectivity index (χ3v) is 5.93. The molecule has 0 bridgehead atoms. The Morgan fingerprint density at radius 2 is 2.10 bits per heavy atom. The summed E-state index contributed by atoms with van der Waals surface area (Å²) >= 11 is 0. The minimum atomic E-state index is 0.104. The van der Waals surface area contributed by atoms with E-state index in [4.69, 9.17) is 4.74 Å². The summed E-state index contributed by atoms with van der Waals surface area (Å²) in [6, 6.07) is 0.261. The Kier molecular flexibility index (Phi) is 6.50. The highest BCUT2D eigenvalue weighted by Gasteiger charge is 2.27. The first-order valence-electron chi connectivity index (χ1n) is 10.5. The van der Waals surface area contributed by atoms with Crippen molar-refractivity contribution in [3.8, 4) is 0 Å². The van der Waals surface area contributed by atoms with Gasteiger partial charge in [-0.3, -0.25) is 9.69 Å². The maximum Gasteiger partial charge on any atom is 0.244 e. The van der Waals surface area contributed by atoms with E-state index >= 15 is 0 Å². The summed E-state index contributed by atoms with van der Waals surface area (Å²) < 4.78 is 9.20. The smallest absolute Gasteiger partial charge is 0.244 e. The Morgan fingerprint density at radius 3 is 2.90 bits per heavy atom. The zero-order chi connectivity index (χ0) is 20.1. The van der Waals surface area contributed by atoms with Crippen LogP contribution < -0.4 is 0 Å². The number of piperidine rings is 1. The monoisotopic (exact) mass is 402 g/mol. The Bertz CT molecular complexity index is 798. The number of amides is 1. The molecule has 0 N–H and O–H groups in total. The molecule has 0 aliphatic carbocycles. The molecule has 0 spiro atoms. The number of aryl methyl sites for hydroxylation is 2. The lowest BCUT2D eigenvalue weighted by molar-refractivity contribution is -0.136. The van der Waals surface area contributed by atoms with Gasteiger partial charge in [0.15, 0.2) is 5.82 Å². The lowest BCUT2D eigenvalue weighted by atomic mass is 9.99. The van der Waals surface area contributed by atoms with Gasteiger partial charge in [0.1, 0.15) is 12.4 Å². The second kappa shape index (κ2) is 9.45. The number of carbonyl (C=O) groups is 1. The van der Waals surface area contributed by atoms with Crippen molar-refractivity contribution >= 4 is 5.91 Å². The van der Waals surface area contributed by atoms with Gasteiger partial charge in [0.05, 0.1) is 19.8 Å². The van der Waals surface area contributed by atoms with E-state index in [0.29, 0.717) is 6.54 Å². The highest BCUT2D eigenvalue weighted by Crippen LogP contribution is 2.21. The molecule has 0 unspecified atom stereocenters. The van der Waals surface area contributed by atoms with Crippen LogP contribution in [-0.2, 0) is 29.2 Å². The molecule has 2 aliphatic heterocycles. The number of aromatic nitrogens is 6. The van der Waals surface area contributed by atoms with Crippen molar-refractivity contribution in [1.82, 2.24) is 39.6 Å². The molecule has 10 heteroatoms. The largest absolute Gasteiger partial charge is 0.379 e. The molecule has 4 heterocycles. The van der Waals surface area contributed by atoms with Gasteiger partial charge in [-0.1, -0.05) is 0 Å². The first kappa shape index (κ1) is 20.0. The first-order chi connectivity index (χ1) is 14.2. The summed E-state index contributed by atoms with van der Waals surface area (Å²) in [7, 11) is 0. The van der Waals surface area contributed by atoms with Gasteiger partial charge in [-0.15, -0.1) is 5.10 Å². The van der Waals surface area contributed by atoms with Crippen molar-refractivity contribution < 1.29 is 9.53 Å². The maximum absolute atomic E-state index is 13.1. The Balaban J connectivity index is 1.36. The van der Waals surface area contributed by atoms with Crippen LogP contribution in [-0.4, -0.2) is 84.4 Å². The van der Waals surface area contributed by atoms with Crippen LogP contribution in [0.1, 0.15) is 37.3 Å². The summed E-state index contributed by atoms with van der Waals surface area (Å²) in [5.41, 5.74) is 0. The first-order valence-corrected chi connectivity index (χ1v) is 10.5. The van der Waals surface area contributed by atoms with E-state index in [9.17, 15) is 4.79 Å². The molecule has 0 aromatic carbocycles. The third-order valence-electron chi connectivity index (χ3n) is 5.93. The van der Waals surface area contributed by atoms with Gasteiger partial charge in [-0.2, -0.15) is 0 Å². The molecule has 0 radical (unpaired) electrons. The SMILES string of the molecule is Cc1nccn1CC[C@@H]1CCCCN1C(=O)Cn1nnnc1CN1CCOCC1. The van der Waals surface area contributed by atoms with Gasteiger partial charge in [0.2, 0.25) is 5.91 Å². The molecule has 29 heavy (non-hydrogen) atoms. The molecule has 2 aromatic heterocycles. The van der Waals surface area contributed by atoms with Crippen LogP contribution in [0.4, 0.5) is 0 Å². The van der Waals surface area contributed by atoms with Crippen molar-refractivity contribution in [1.29, 1.82) is 0 Å². The summed E-state index contributed by atoms with van der Waals surface area (Å²) in [6.45, 7) is 7.74. The van der Waals surface area contributed by atoms with Crippen molar-refractivity contribution in [3.63, 3.8) is 0 Å². The van der Waals surface area contributed by atoms with E-state index in [1.807, 2.05) is 24.2 Å². The Labute approximate surface area is 170 Å². The second-order valence-electron chi connectivity index (χ2n) is 7.83. The quantitative estimate of drug-likeness (QED) is 0.665. The molecule has 1 atom stereocenters. The molecule has 10 nitrogen and oxygen atoms in total. The summed E-state index contributed by atoms with van der Waals surface area (Å²) in [5.74, 6) is 1.86. The molecule has 2 fully saturated rings. The van der Waals surface area contributed by atoms with E-state index in [-0.39, 0.29) is 18.5 Å². The van der Waals surface area contributed by atoms with Gasteiger partial charge >= 0.3 is 0 Å². The van der Waals surface area contributed by atoms with Gasteiger partial charge in [0, 0.05) is 44.6 Å². The summed E-state index contributed by atoms with van der Waals surface area (Å²) in [6.07, 6.45) is 8.05. The van der Waals surface area contributed by atoms with E-state index < -0.39 is 0 Å². The molecule has 2 aliphatic rings. The van der Waals surface area contributed by atoms with Gasteiger partial charge < -0.3 is 14.2 Å². The van der Waals surface area contributed by atoms with E-state index in [1.54, 1.807) is 4.68 Å². The van der Waals surface area contributed by atoms with Crippen LogP contribution in [0, 0.1) is 6.92 Å². The third kappa shape index (κ3) is 4.99. The fraction of sp³-hybridized carbons (Fsp3) is 0.737. The molecule has 158 valence electrons. The number of likely N-dealkylation sites (tertiary alicyclic amines) is 1. The average molecular weight is 403 g/mol. The topological polar surface area (TPSA) is 94.2 Å². The summed E-state index contributed by atoms with van der Waals surface area (Å²) in [5, 5.41) is 12.0. The normalized spacial score (nSPS) is 20.9. The molecule has 0 saturated carbocycles. The van der Waals surface area contributed by atoms with E-state index in [1.165, 1.54) is 6.42 Å². The molecule has 4 rings (SSSR count). The number of morpholine rings is 1. The van der Waals surface area contributed by atoms with Gasteiger partial charge in [0.25, 0.3) is 0 Å². The predicted octanol–water partition coefficient (Wildman–Crippen LogP) is 0.482. The Hall–Kier alpha value is -2.33. The van der Waals surface area contributed by atoms with E-state index in [0.717, 1.165) is 70.3 Å². The van der Waals surface area contributed by atoms with Crippen LogP contribution in [0.5, 0.6) is 0 Å². The minimum absolute atomic E-state index is 0.104. The van der Waals surface area contributed by atoms with Crippen molar-refractivity contribution in [2.45, 2.75) is 58.3 Å². The second-order valence-corrected chi connectivity index (χ2v) is 7.83. The lowest BCUT2D eigenvalue weighted by Gasteiger charge is -2.36. The number of carbonyl (C=O) groups excluding carboxylic acids is 1. The van der Waals surface area contributed by atoms with Crippen LogP contribution >= 0.6 is 0 Å².